The SMILES string of the molecule is NC(=O)CN1CCC(c2ccc(C(F)(C(F)(F)F)C(F)(F)F)cc2)(S(=O)(=O)c2ccc(F)cc2)C1. The maximum absolute atomic E-state index is 14.4. The monoisotopic (exact) mass is 530 g/mol. The summed E-state index contributed by atoms with van der Waals surface area (Å²) in [6, 6.07) is 5.46. The number of carbonyl (C=O) groups is 1. The van der Waals surface area contributed by atoms with Gasteiger partial charge in [-0.2, -0.15) is 26.3 Å². The zero-order chi connectivity index (χ0) is 26.4. The van der Waals surface area contributed by atoms with Crippen LogP contribution < -0.4 is 5.73 Å². The normalized spacial score (nSPS) is 20.2. The lowest BCUT2D eigenvalue weighted by Crippen LogP contribution is -2.50. The Morgan fingerprint density at radius 1 is 0.914 bits per heavy atom. The maximum Gasteiger partial charge on any atom is 0.435 e. The average Bonchev–Trinajstić information content (AvgIpc) is 3.17. The summed E-state index contributed by atoms with van der Waals surface area (Å²) < 4.78 is 132. The Morgan fingerprint density at radius 2 is 1.43 bits per heavy atom. The predicted octanol–water partition coefficient (Wildman–Crippen LogP) is 3.98. The van der Waals surface area contributed by atoms with E-state index < -0.39 is 56.4 Å². The minimum absolute atomic E-state index is 0.0106. The predicted molar refractivity (Wildman–Crippen MR) is 107 cm³/mol. The van der Waals surface area contributed by atoms with E-state index in [-0.39, 0.29) is 42.1 Å². The molecule has 5 nitrogen and oxygen atoms in total. The fourth-order valence-electron chi connectivity index (χ4n) is 4.15. The minimum atomic E-state index is -6.34. The van der Waals surface area contributed by atoms with Crippen molar-refractivity contribution in [3.05, 3.63) is 65.5 Å². The lowest BCUT2D eigenvalue weighted by molar-refractivity contribution is -0.348. The average molecular weight is 530 g/mol. The summed E-state index contributed by atoms with van der Waals surface area (Å²) >= 11 is 0. The highest BCUT2D eigenvalue weighted by Crippen LogP contribution is 2.53. The van der Waals surface area contributed by atoms with Crippen LogP contribution in [0.2, 0.25) is 0 Å². The summed E-state index contributed by atoms with van der Waals surface area (Å²) in [7, 11) is -4.44. The molecule has 3 rings (SSSR count). The van der Waals surface area contributed by atoms with Gasteiger partial charge < -0.3 is 5.73 Å². The van der Waals surface area contributed by atoms with Gasteiger partial charge in [-0.25, -0.2) is 17.2 Å². The number of primary amides is 1. The second kappa shape index (κ2) is 8.73. The molecule has 2 aromatic carbocycles. The van der Waals surface area contributed by atoms with Crippen LogP contribution in [0.5, 0.6) is 0 Å². The summed E-state index contributed by atoms with van der Waals surface area (Å²) in [4.78, 5) is 12.3. The number of sulfone groups is 1. The Bertz CT molecular complexity index is 1180. The van der Waals surface area contributed by atoms with E-state index in [4.69, 9.17) is 5.73 Å². The Morgan fingerprint density at radius 3 is 1.89 bits per heavy atom. The Labute approximate surface area is 194 Å². The molecule has 0 aromatic heterocycles. The number of benzene rings is 2. The number of halogens is 8. The lowest BCUT2D eigenvalue weighted by atomic mass is 9.90. The van der Waals surface area contributed by atoms with Gasteiger partial charge in [0, 0.05) is 18.7 Å². The maximum atomic E-state index is 14.4. The molecular formula is C21H18F8N2O3S. The van der Waals surface area contributed by atoms with Crippen molar-refractivity contribution in [1.29, 1.82) is 0 Å². The van der Waals surface area contributed by atoms with E-state index in [0.717, 1.165) is 24.3 Å². The van der Waals surface area contributed by atoms with Crippen molar-refractivity contribution in [3.63, 3.8) is 0 Å². The third-order valence-electron chi connectivity index (χ3n) is 5.92. The number of hydrogen-bond acceptors (Lipinski definition) is 4. The Kier molecular flexibility index (Phi) is 6.70. The molecule has 0 radical (unpaired) electrons. The lowest BCUT2D eigenvalue weighted by Gasteiger charge is -2.32. The van der Waals surface area contributed by atoms with Crippen molar-refractivity contribution >= 4 is 15.7 Å². The first kappa shape index (κ1) is 26.9. The number of carbonyl (C=O) groups excluding carboxylic acids is 1. The molecule has 1 heterocycles. The second-order valence-corrected chi connectivity index (χ2v) is 10.4. The highest BCUT2D eigenvalue weighted by molar-refractivity contribution is 7.92. The van der Waals surface area contributed by atoms with E-state index in [2.05, 4.69) is 0 Å². The van der Waals surface area contributed by atoms with E-state index in [9.17, 15) is 48.3 Å². The van der Waals surface area contributed by atoms with Gasteiger partial charge in [-0.15, -0.1) is 0 Å². The van der Waals surface area contributed by atoms with E-state index in [1.807, 2.05) is 0 Å². The van der Waals surface area contributed by atoms with Crippen molar-refractivity contribution in [2.24, 2.45) is 5.73 Å². The van der Waals surface area contributed by atoms with Crippen LogP contribution in [0.3, 0.4) is 0 Å². The summed E-state index contributed by atoms with van der Waals surface area (Å²) in [6.45, 7) is -0.772. The summed E-state index contributed by atoms with van der Waals surface area (Å²) in [5.74, 6) is -1.55. The number of alkyl halides is 7. The van der Waals surface area contributed by atoms with Crippen molar-refractivity contribution in [1.82, 2.24) is 4.90 Å². The molecule has 35 heavy (non-hydrogen) atoms. The van der Waals surface area contributed by atoms with Crippen LogP contribution >= 0.6 is 0 Å². The highest BCUT2D eigenvalue weighted by atomic mass is 32.2. The molecule has 2 N–H and O–H groups in total. The largest absolute Gasteiger partial charge is 0.435 e. The first-order chi connectivity index (χ1) is 16.0. The van der Waals surface area contributed by atoms with Gasteiger partial charge in [-0.1, -0.05) is 24.3 Å². The van der Waals surface area contributed by atoms with Crippen LogP contribution in [0.15, 0.2) is 53.4 Å². The van der Waals surface area contributed by atoms with Gasteiger partial charge >= 0.3 is 18.0 Å². The van der Waals surface area contributed by atoms with E-state index >= 15 is 0 Å². The molecule has 1 fully saturated rings. The van der Waals surface area contributed by atoms with Crippen molar-refractivity contribution < 1.29 is 48.3 Å². The smallest absolute Gasteiger partial charge is 0.369 e. The van der Waals surface area contributed by atoms with Crippen LogP contribution in [-0.2, 0) is 25.0 Å². The third kappa shape index (κ3) is 4.48. The van der Waals surface area contributed by atoms with Gasteiger partial charge in [0.2, 0.25) is 5.91 Å². The van der Waals surface area contributed by atoms with Crippen LogP contribution in [0.1, 0.15) is 17.5 Å². The van der Waals surface area contributed by atoms with Crippen molar-refractivity contribution in [2.45, 2.75) is 34.1 Å². The number of hydrogen-bond donors (Lipinski definition) is 1. The third-order valence-corrected chi connectivity index (χ3v) is 8.41. The van der Waals surface area contributed by atoms with Gasteiger partial charge in [0.15, 0.2) is 9.84 Å². The van der Waals surface area contributed by atoms with Crippen LogP contribution in [-0.4, -0.2) is 51.2 Å². The zero-order valence-corrected chi connectivity index (χ0v) is 18.4. The van der Waals surface area contributed by atoms with Gasteiger partial charge in [-0.3, -0.25) is 9.69 Å². The zero-order valence-electron chi connectivity index (χ0n) is 17.6. The molecule has 1 unspecified atom stereocenters. The quantitative estimate of drug-likeness (QED) is 0.453. The fraction of sp³-hybridized carbons (Fsp3) is 0.381. The first-order valence-corrected chi connectivity index (χ1v) is 11.4. The number of amides is 1. The van der Waals surface area contributed by atoms with Crippen LogP contribution in [0.4, 0.5) is 35.1 Å². The molecular weight excluding hydrogens is 512 g/mol. The van der Waals surface area contributed by atoms with Gasteiger partial charge in [0.05, 0.1) is 11.4 Å². The molecule has 0 saturated carbocycles. The van der Waals surface area contributed by atoms with Crippen LogP contribution in [0.25, 0.3) is 0 Å². The molecule has 1 amide bonds. The first-order valence-electron chi connectivity index (χ1n) is 9.90. The Balaban J connectivity index is 2.16. The van der Waals surface area contributed by atoms with E-state index in [1.54, 1.807) is 0 Å². The molecule has 1 aliphatic heterocycles. The number of nitrogens with zero attached hydrogens (tertiary/aromatic N) is 1. The van der Waals surface area contributed by atoms with Crippen LogP contribution in [0, 0.1) is 5.82 Å². The fourth-order valence-corrected chi connectivity index (χ4v) is 6.26. The summed E-state index contributed by atoms with van der Waals surface area (Å²) in [5.41, 5.74) is -2.53. The standard InChI is InChI=1S/C21H18F8N2O3S/c22-15-5-7-16(8-6-15)35(33,34)18(9-10-31(12-18)11-17(30)32)13-1-3-14(4-2-13)19(23,20(24,25)26)21(27,28)29/h1-8H,9-12H2,(H2,30,32). The number of rotatable bonds is 6. The van der Waals surface area contributed by atoms with Crippen molar-refractivity contribution in [2.75, 3.05) is 19.6 Å². The summed E-state index contributed by atoms with van der Waals surface area (Å²) in [5, 5.41) is 0. The second-order valence-electron chi connectivity index (χ2n) is 8.11. The molecule has 1 saturated heterocycles. The summed E-state index contributed by atoms with van der Waals surface area (Å²) in [6.07, 6.45) is -12.9. The molecule has 14 heteroatoms. The van der Waals surface area contributed by atoms with Gasteiger partial charge in [0.25, 0.3) is 0 Å². The van der Waals surface area contributed by atoms with E-state index in [0.29, 0.717) is 12.1 Å². The topological polar surface area (TPSA) is 80.5 Å². The number of likely N-dealkylation sites (tertiary alicyclic amines) is 1. The molecule has 1 aliphatic rings. The molecule has 192 valence electrons. The molecule has 0 bridgehead atoms. The molecule has 1 atom stereocenters. The van der Waals surface area contributed by atoms with Gasteiger partial charge in [-0.05, 0) is 36.2 Å². The molecule has 0 aliphatic carbocycles. The highest BCUT2D eigenvalue weighted by Gasteiger charge is 2.73. The number of nitrogens with two attached hydrogens (primary N) is 1. The van der Waals surface area contributed by atoms with Crippen molar-refractivity contribution in [3.8, 4) is 0 Å². The molecule has 2 aromatic rings. The molecule has 0 spiro atoms. The van der Waals surface area contributed by atoms with E-state index in [1.165, 1.54) is 4.90 Å². The minimum Gasteiger partial charge on any atom is -0.369 e. The Hall–Kier alpha value is -2.74. The van der Waals surface area contributed by atoms with Gasteiger partial charge in [0.1, 0.15) is 10.6 Å².